The molecule has 0 bridgehead atoms. The van der Waals surface area contributed by atoms with Crippen LogP contribution in [0.2, 0.25) is 0 Å². The Labute approximate surface area is 302 Å². The van der Waals surface area contributed by atoms with Crippen LogP contribution < -0.4 is 13.1 Å². The number of anilines is 1. The summed E-state index contributed by atoms with van der Waals surface area (Å²) in [4.78, 5) is 31.4. The molecule has 2 aliphatic heterocycles. The molecule has 0 atom stereocenters. The van der Waals surface area contributed by atoms with Gasteiger partial charge in [-0.05, 0) is 30.7 Å². The number of methoxy groups -OCH3 is 1. The number of hydrogen-bond acceptors (Lipinski definition) is 7. The van der Waals surface area contributed by atoms with Gasteiger partial charge in [0.25, 0.3) is 5.91 Å². The number of amides is 2. The van der Waals surface area contributed by atoms with Crippen LogP contribution in [-0.2, 0) is 24.8 Å². The second kappa shape index (κ2) is 17.6. The quantitative estimate of drug-likeness (QED) is 0.218. The number of carbonyl (C=O) groups excluding carboxylic acids is 2. The second-order valence-corrected chi connectivity index (χ2v) is 12.1. The van der Waals surface area contributed by atoms with Gasteiger partial charge in [-0.3, -0.25) is 4.79 Å². The zero-order valence-electron chi connectivity index (χ0n) is 28.3. The Morgan fingerprint density at radius 1 is 0.959 bits per heavy atom. The molecule has 0 spiro atoms. The van der Waals surface area contributed by atoms with Gasteiger partial charge in [-0.2, -0.15) is 5.26 Å². The first-order valence-electron chi connectivity index (χ1n) is 15.7. The molecule has 1 fully saturated rings. The third kappa shape index (κ3) is 8.84. The van der Waals surface area contributed by atoms with Crippen molar-refractivity contribution in [1.29, 1.82) is 5.26 Å². The molecule has 3 heterocycles. The number of carbonyl (C=O) groups is 2. The number of nitrogens with zero attached hydrogens (tertiary/aromatic N) is 4. The van der Waals surface area contributed by atoms with Crippen molar-refractivity contribution in [3.8, 4) is 41.7 Å². The minimum Gasteiger partial charge on any atom is -0.334 e. The van der Waals surface area contributed by atoms with Gasteiger partial charge < -0.3 is 19.3 Å². The van der Waals surface area contributed by atoms with E-state index in [1.807, 2.05) is 41.6 Å². The van der Waals surface area contributed by atoms with Gasteiger partial charge >= 0.3 is 136 Å². The summed E-state index contributed by atoms with van der Waals surface area (Å²) in [6.07, 6.45) is 8.76. The monoisotopic (exact) mass is 766 g/mol. The SMILES string of the molecule is C#C.CN1CCOCC1.COc1cc(-c2cc(C(=O)Nc3ccc([O][Sn])cc3)c(C)n2C)c(C(=O)N2CCc3ccccc3C2)cc1C#N. The summed E-state index contributed by atoms with van der Waals surface area (Å²) in [5.74, 6) is 0.659. The Kier molecular flexibility index (Phi) is 13.3. The molecule has 0 unspecified atom stereocenters. The average molecular weight is 765 g/mol. The number of benzene rings is 3. The molecule has 1 N–H and O–H groups in total. The van der Waals surface area contributed by atoms with Crippen LogP contribution in [0.15, 0.2) is 66.7 Å². The first-order chi connectivity index (χ1) is 23.7. The van der Waals surface area contributed by atoms with Crippen molar-refractivity contribution in [2.24, 2.45) is 7.05 Å². The molecule has 2 aliphatic rings. The molecule has 1 aromatic heterocycles. The van der Waals surface area contributed by atoms with Crippen LogP contribution in [0.5, 0.6) is 11.5 Å². The Balaban J connectivity index is 0.000000528. The van der Waals surface area contributed by atoms with Crippen LogP contribution in [0.1, 0.15) is 43.1 Å². The van der Waals surface area contributed by atoms with E-state index in [9.17, 15) is 14.9 Å². The van der Waals surface area contributed by atoms with Crippen molar-refractivity contribution in [2.45, 2.75) is 19.9 Å². The van der Waals surface area contributed by atoms with E-state index in [4.69, 9.17) is 12.5 Å². The number of likely N-dealkylation sites (N-methyl/N-ethyl adjacent to an activating group) is 1. The Hall–Kier alpha value is -4.75. The smallest absolute Gasteiger partial charge is 0.334 e. The third-order valence-electron chi connectivity index (χ3n) is 8.63. The number of nitrogens with one attached hydrogen (secondary N) is 1. The second-order valence-electron chi connectivity index (χ2n) is 11.5. The predicted molar refractivity (Wildman–Crippen MR) is 191 cm³/mol. The number of aromatic nitrogens is 1. The van der Waals surface area contributed by atoms with Crippen molar-refractivity contribution >= 4 is 40.4 Å². The average Bonchev–Trinajstić information content (AvgIpc) is 3.45. The molecule has 10 nitrogen and oxygen atoms in total. The van der Waals surface area contributed by atoms with Gasteiger partial charge in [0, 0.05) is 26.2 Å². The van der Waals surface area contributed by atoms with E-state index in [-0.39, 0.29) is 17.4 Å². The van der Waals surface area contributed by atoms with Crippen molar-refractivity contribution in [3.63, 3.8) is 0 Å². The molecule has 0 aliphatic carbocycles. The molecule has 2 amide bonds. The van der Waals surface area contributed by atoms with E-state index in [1.165, 1.54) is 12.7 Å². The van der Waals surface area contributed by atoms with Gasteiger partial charge in [-0.1, -0.05) is 24.3 Å². The minimum absolute atomic E-state index is 0.172. The van der Waals surface area contributed by atoms with Crippen molar-refractivity contribution < 1.29 is 22.1 Å². The molecule has 1 saturated heterocycles. The number of hydrogen-bond donors (Lipinski definition) is 1. The minimum atomic E-state index is -0.267. The number of terminal acetylenes is 1. The summed E-state index contributed by atoms with van der Waals surface area (Å²) in [5, 5.41) is 12.7. The number of nitriles is 1. The maximum absolute atomic E-state index is 14.0. The summed E-state index contributed by atoms with van der Waals surface area (Å²) in [7, 11) is 5.46. The van der Waals surface area contributed by atoms with Crippen LogP contribution in [0.3, 0.4) is 0 Å². The van der Waals surface area contributed by atoms with E-state index in [0.717, 1.165) is 72.7 Å². The van der Waals surface area contributed by atoms with E-state index >= 15 is 0 Å². The molecule has 11 heteroatoms. The fraction of sp³-hybridized carbons (Fsp3) is 0.289. The standard InChI is InChI=1S/C31H28N4O4.C5H11NO.C2H2.Sn/c1-19-25(30(37)33-23-8-10-24(36)11-9-23)15-28(34(19)2)26-16-29(39-3)22(17-32)14-27(26)31(38)35-13-12-20-6-4-5-7-21(20)18-35;1-6-2-4-7-5-3-6;1-2;/h4-11,14-16,36H,12-13,18H2,1-3H3,(H,33,37);2-5H2,1H3;1-2H;/q;;;+1/p-1. The van der Waals surface area contributed by atoms with E-state index in [0.29, 0.717) is 46.9 Å². The van der Waals surface area contributed by atoms with Crippen LogP contribution in [0, 0.1) is 31.1 Å². The van der Waals surface area contributed by atoms with Crippen molar-refractivity contribution in [2.75, 3.05) is 52.3 Å². The normalized spacial score (nSPS) is 13.7. The van der Waals surface area contributed by atoms with Crippen LogP contribution in [0.4, 0.5) is 5.69 Å². The van der Waals surface area contributed by atoms with Gasteiger partial charge in [-0.25, -0.2) is 0 Å². The summed E-state index contributed by atoms with van der Waals surface area (Å²) >= 11 is 0.940. The van der Waals surface area contributed by atoms with Crippen LogP contribution in [0.25, 0.3) is 11.3 Å². The molecule has 3 radical (unpaired) electrons. The Morgan fingerprint density at radius 2 is 1.63 bits per heavy atom. The van der Waals surface area contributed by atoms with Gasteiger partial charge in [0.2, 0.25) is 0 Å². The zero-order chi connectivity index (χ0) is 35.5. The number of morpholine rings is 1. The summed E-state index contributed by atoms with van der Waals surface area (Å²) in [5.41, 5.74) is 6.15. The summed E-state index contributed by atoms with van der Waals surface area (Å²) in [6.45, 7) is 6.95. The summed E-state index contributed by atoms with van der Waals surface area (Å²) < 4.78 is 17.8. The predicted octanol–water partition coefficient (Wildman–Crippen LogP) is 4.99. The number of rotatable bonds is 6. The molecule has 251 valence electrons. The first-order valence-corrected chi connectivity index (χ1v) is 16.9. The van der Waals surface area contributed by atoms with E-state index in [1.54, 1.807) is 42.5 Å². The molecule has 3 aromatic carbocycles. The topological polar surface area (TPSA) is 109 Å². The van der Waals surface area contributed by atoms with Gasteiger partial charge in [0.15, 0.2) is 0 Å². The van der Waals surface area contributed by atoms with E-state index in [2.05, 4.69) is 42.2 Å². The van der Waals surface area contributed by atoms with Crippen LogP contribution >= 0.6 is 0 Å². The Bertz CT molecular complexity index is 1840. The fourth-order valence-electron chi connectivity index (χ4n) is 5.71. The van der Waals surface area contributed by atoms with Crippen LogP contribution in [-0.4, -0.2) is 96.1 Å². The van der Waals surface area contributed by atoms with Gasteiger partial charge in [-0.15, -0.1) is 12.8 Å². The summed E-state index contributed by atoms with van der Waals surface area (Å²) in [6, 6.07) is 22.5. The molecule has 4 aromatic rings. The molecule has 6 rings (SSSR count). The molecule has 49 heavy (non-hydrogen) atoms. The van der Waals surface area contributed by atoms with E-state index < -0.39 is 0 Å². The number of fused-ring (bicyclic) bond motifs is 1. The van der Waals surface area contributed by atoms with Gasteiger partial charge in [0.1, 0.15) is 11.8 Å². The molecular formula is C38H40N5O5Sn. The first kappa shape index (κ1) is 37.1. The number of ether oxygens (including phenoxy) is 2. The third-order valence-corrected chi connectivity index (χ3v) is 9.30. The maximum atomic E-state index is 14.0. The van der Waals surface area contributed by atoms with Crippen molar-refractivity contribution in [3.05, 3.63) is 100 Å². The van der Waals surface area contributed by atoms with Crippen molar-refractivity contribution in [1.82, 2.24) is 14.4 Å². The molecular weight excluding hydrogens is 725 g/mol. The van der Waals surface area contributed by atoms with Gasteiger partial charge in [0.05, 0.1) is 25.9 Å². The molecule has 0 saturated carbocycles. The fourth-order valence-corrected chi connectivity index (χ4v) is 6.10. The zero-order valence-corrected chi connectivity index (χ0v) is 31.1. The Morgan fingerprint density at radius 3 is 2.22 bits per heavy atom.